The van der Waals surface area contributed by atoms with Crippen molar-refractivity contribution in [2.75, 3.05) is 30.3 Å². The van der Waals surface area contributed by atoms with E-state index in [0.29, 0.717) is 17.9 Å². The molecule has 2 saturated carbocycles. The molecule has 0 radical (unpaired) electrons. The third kappa shape index (κ3) is 2.08. The second kappa shape index (κ2) is 4.88. The summed E-state index contributed by atoms with van der Waals surface area (Å²) in [4.78, 5) is 20.6. The van der Waals surface area contributed by atoms with Gasteiger partial charge >= 0.3 is 0 Å². The van der Waals surface area contributed by atoms with Crippen molar-refractivity contribution in [3.63, 3.8) is 0 Å². The lowest BCUT2D eigenvalue weighted by atomic mass is 9.86. The second-order valence-corrected chi connectivity index (χ2v) is 7.96. The Hall–Kier alpha value is -2.28. The Morgan fingerprint density at radius 1 is 1.08 bits per heavy atom. The van der Waals surface area contributed by atoms with Gasteiger partial charge in [-0.1, -0.05) is 0 Å². The van der Waals surface area contributed by atoms with Crippen molar-refractivity contribution >= 4 is 11.9 Å². The number of anilines is 2. The first-order valence-electron chi connectivity index (χ1n) is 9.20. The molecule has 25 heavy (non-hydrogen) atoms. The molecule has 5 aliphatic rings. The van der Waals surface area contributed by atoms with Crippen molar-refractivity contribution in [1.29, 1.82) is 0 Å². The van der Waals surface area contributed by atoms with E-state index >= 15 is 0 Å². The van der Waals surface area contributed by atoms with E-state index < -0.39 is 0 Å². The van der Waals surface area contributed by atoms with Gasteiger partial charge in [-0.2, -0.15) is 0 Å². The van der Waals surface area contributed by atoms with E-state index in [4.69, 9.17) is 15.7 Å². The summed E-state index contributed by atoms with van der Waals surface area (Å²) in [5, 5.41) is 3.47. The van der Waals surface area contributed by atoms with E-state index in [1.807, 2.05) is 0 Å². The van der Waals surface area contributed by atoms with Crippen LogP contribution in [0.2, 0.25) is 0 Å². The normalized spacial score (nSPS) is 34.7. The van der Waals surface area contributed by atoms with Gasteiger partial charge in [-0.3, -0.25) is 0 Å². The topological polar surface area (TPSA) is 92.8 Å². The maximum absolute atomic E-state index is 5.64. The van der Waals surface area contributed by atoms with E-state index in [2.05, 4.69) is 26.3 Å². The number of aromatic nitrogens is 4. The van der Waals surface area contributed by atoms with Crippen LogP contribution in [-0.2, 0) is 0 Å². The molecule has 2 aliphatic carbocycles. The highest BCUT2D eigenvalue weighted by molar-refractivity contribution is 5.60. The van der Waals surface area contributed by atoms with Gasteiger partial charge in [0, 0.05) is 36.5 Å². The molecule has 7 rings (SSSR count). The zero-order valence-corrected chi connectivity index (χ0v) is 14.0. The monoisotopic (exact) mass is 335 g/mol. The number of fused-ring (bicyclic) bond motifs is 2. The Morgan fingerprint density at radius 3 is 2.52 bits per heavy atom. The maximum Gasteiger partial charge on any atom is 0.226 e. The van der Waals surface area contributed by atoms with E-state index in [9.17, 15) is 0 Å². The van der Waals surface area contributed by atoms with Crippen LogP contribution in [0.1, 0.15) is 24.5 Å². The molecule has 3 aliphatic heterocycles. The zero-order valence-electron chi connectivity index (χ0n) is 14.0. The number of piperidine rings is 1. The summed E-state index contributed by atoms with van der Waals surface area (Å²) >= 11 is 0. The summed E-state index contributed by atoms with van der Waals surface area (Å²) in [5.41, 5.74) is 8.66. The van der Waals surface area contributed by atoms with Gasteiger partial charge in [-0.25, -0.2) is 19.9 Å². The first kappa shape index (κ1) is 13.9. The highest BCUT2D eigenvalue weighted by atomic mass is 15.3. The Kier molecular flexibility index (Phi) is 2.72. The van der Waals surface area contributed by atoms with Gasteiger partial charge < -0.3 is 16.0 Å². The molecule has 7 heteroatoms. The number of nitrogens with two attached hydrogens (primary N) is 1. The van der Waals surface area contributed by atoms with E-state index in [1.54, 1.807) is 12.4 Å². The van der Waals surface area contributed by atoms with Crippen LogP contribution < -0.4 is 16.0 Å². The second-order valence-electron chi connectivity index (χ2n) is 7.96. The maximum atomic E-state index is 5.64. The van der Waals surface area contributed by atoms with Gasteiger partial charge in [0.15, 0.2) is 0 Å². The molecule has 2 aromatic rings. The lowest BCUT2D eigenvalue weighted by Gasteiger charge is -2.26. The standard InChI is InChI=1S/C18H21N7/c19-17-21-4-10(5-22-17)14-3-15(16-12-6-20-7-13(12)16)24-18(23-14)25-8-9-1-11(25)2-9/h3-5,9,11-13,16,20H,1-2,6-8H2,(H2,19,21,22). The molecule has 2 unspecified atom stereocenters. The lowest BCUT2D eigenvalue weighted by molar-refractivity contribution is 0.380. The molecule has 128 valence electrons. The van der Waals surface area contributed by atoms with Crippen molar-refractivity contribution < 1.29 is 0 Å². The van der Waals surface area contributed by atoms with Crippen molar-refractivity contribution in [3.8, 4) is 11.3 Å². The number of nitrogens with one attached hydrogen (secondary N) is 1. The summed E-state index contributed by atoms with van der Waals surface area (Å²) in [7, 11) is 0. The molecule has 5 heterocycles. The first-order chi connectivity index (χ1) is 12.3. The molecule has 7 nitrogen and oxygen atoms in total. The number of nitrogen functional groups attached to an aromatic ring is 1. The van der Waals surface area contributed by atoms with E-state index in [1.165, 1.54) is 18.5 Å². The van der Waals surface area contributed by atoms with Gasteiger partial charge in [0.2, 0.25) is 11.9 Å². The smallest absolute Gasteiger partial charge is 0.226 e. The van der Waals surface area contributed by atoms with Gasteiger partial charge in [0.05, 0.1) is 11.4 Å². The Labute approximate surface area is 146 Å². The van der Waals surface area contributed by atoms with Crippen molar-refractivity contribution in [2.45, 2.75) is 24.8 Å². The predicted octanol–water partition coefficient (Wildman–Crippen LogP) is 1.05. The van der Waals surface area contributed by atoms with Gasteiger partial charge in [-0.05, 0) is 49.8 Å². The van der Waals surface area contributed by atoms with Crippen LogP contribution in [-0.4, -0.2) is 45.6 Å². The molecule has 3 N–H and O–H groups in total. The average Bonchev–Trinajstić information content (AvgIpc) is 3.04. The predicted molar refractivity (Wildman–Crippen MR) is 93.9 cm³/mol. The number of hydrogen-bond acceptors (Lipinski definition) is 7. The quantitative estimate of drug-likeness (QED) is 0.866. The van der Waals surface area contributed by atoms with Crippen LogP contribution in [0.15, 0.2) is 18.5 Å². The summed E-state index contributed by atoms with van der Waals surface area (Å²) in [6.45, 7) is 3.33. The highest BCUT2D eigenvalue weighted by Gasteiger charge is 2.54. The van der Waals surface area contributed by atoms with E-state index in [-0.39, 0.29) is 0 Å². The molecule has 2 atom stereocenters. The average molecular weight is 335 g/mol. The Morgan fingerprint density at radius 2 is 1.84 bits per heavy atom. The number of nitrogens with zero attached hydrogens (tertiary/aromatic N) is 5. The SMILES string of the molecule is Nc1ncc(-c2cc(C3C4CNCC43)nc(N3CC4CC3C4)n2)cn1. The molecule has 0 amide bonds. The zero-order chi connectivity index (χ0) is 16.5. The minimum Gasteiger partial charge on any atom is -0.368 e. The van der Waals surface area contributed by atoms with Crippen LogP contribution in [0.3, 0.4) is 0 Å². The minimum absolute atomic E-state index is 0.293. The van der Waals surface area contributed by atoms with Gasteiger partial charge in [0.1, 0.15) is 0 Å². The fourth-order valence-corrected chi connectivity index (χ4v) is 5.00. The molecule has 2 aromatic heterocycles. The van der Waals surface area contributed by atoms with Crippen molar-refractivity contribution in [2.24, 2.45) is 17.8 Å². The van der Waals surface area contributed by atoms with Crippen LogP contribution >= 0.6 is 0 Å². The third-order valence-corrected chi connectivity index (χ3v) is 6.50. The van der Waals surface area contributed by atoms with Gasteiger partial charge in [-0.15, -0.1) is 0 Å². The lowest BCUT2D eigenvalue weighted by Crippen LogP contribution is -2.30. The van der Waals surface area contributed by atoms with Gasteiger partial charge in [0.25, 0.3) is 0 Å². The molecular weight excluding hydrogens is 314 g/mol. The van der Waals surface area contributed by atoms with Crippen LogP contribution in [0.25, 0.3) is 11.3 Å². The van der Waals surface area contributed by atoms with Crippen LogP contribution in [0.4, 0.5) is 11.9 Å². The third-order valence-electron chi connectivity index (χ3n) is 6.50. The Balaban J connectivity index is 1.42. The summed E-state index contributed by atoms with van der Waals surface area (Å²) in [5.74, 6) is 4.09. The van der Waals surface area contributed by atoms with Crippen LogP contribution in [0.5, 0.6) is 0 Å². The summed E-state index contributed by atoms with van der Waals surface area (Å²) < 4.78 is 0. The van der Waals surface area contributed by atoms with E-state index in [0.717, 1.165) is 54.6 Å². The first-order valence-corrected chi connectivity index (χ1v) is 9.20. The largest absolute Gasteiger partial charge is 0.368 e. The number of hydrogen-bond donors (Lipinski definition) is 2. The molecule has 0 aromatic carbocycles. The molecule has 3 saturated heterocycles. The molecule has 5 fully saturated rings. The van der Waals surface area contributed by atoms with Crippen LogP contribution in [0, 0.1) is 17.8 Å². The number of rotatable bonds is 3. The highest BCUT2D eigenvalue weighted by Crippen LogP contribution is 2.56. The molecule has 0 spiro atoms. The summed E-state index contributed by atoms with van der Waals surface area (Å²) in [6, 6.07) is 2.78. The summed E-state index contributed by atoms with van der Waals surface area (Å²) in [6.07, 6.45) is 6.12. The minimum atomic E-state index is 0.293. The van der Waals surface area contributed by atoms with Crippen molar-refractivity contribution in [1.82, 2.24) is 25.3 Å². The fourth-order valence-electron chi connectivity index (χ4n) is 5.00. The van der Waals surface area contributed by atoms with Crippen molar-refractivity contribution in [3.05, 3.63) is 24.2 Å². The Bertz CT molecular complexity index is 820. The fraction of sp³-hybridized carbons (Fsp3) is 0.556. The molecule has 2 bridgehead atoms. The molecular formula is C18H21N7.